The fourth-order valence-corrected chi connectivity index (χ4v) is 5.93. The van der Waals surface area contributed by atoms with E-state index in [9.17, 15) is 19.2 Å². The molecule has 0 unspecified atom stereocenters. The highest BCUT2D eigenvalue weighted by atomic mass is 16.6. The third-order valence-corrected chi connectivity index (χ3v) is 9.24. The summed E-state index contributed by atoms with van der Waals surface area (Å²) < 4.78 is 33.4. The average Bonchev–Trinajstić information content (AvgIpc) is 4.05. The first-order chi connectivity index (χ1) is 23.9. The van der Waals surface area contributed by atoms with Gasteiger partial charge in [-0.15, -0.1) is 0 Å². The normalized spacial score (nSPS) is 20.4. The Labute approximate surface area is 289 Å². The van der Waals surface area contributed by atoms with E-state index in [0.29, 0.717) is 22.3 Å². The second-order valence-electron chi connectivity index (χ2n) is 13.0. The molecule has 2 aliphatic heterocycles. The first-order valence-corrected chi connectivity index (χ1v) is 16.3. The van der Waals surface area contributed by atoms with Crippen molar-refractivity contribution in [1.29, 1.82) is 0 Å². The summed E-state index contributed by atoms with van der Waals surface area (Å²) in [7, 11) is 3.02. The van der Waals surface area contributed by atoms with E-state index in [0.717, 1.165) is 21.9 Å². The maximum atomic E-state index is 13.5. The van der Waals surface area contributed by atoms with Gasteiger partial charge in [-0.2, -0.15) is 0 Å². The van der Waals surface area contributed by atoms with Crippen LogP contribution in [0.15, 0.2) is 60.7 Å². The zero-order valence-corrected chi connectivity index (χ0v) is 28.8. The highest BCUT2D eigenvalue weighted by molar-refractivity contribution is 6.08. The summed E-state index contributed by atoms with van der Waals surface area (Å²) in [6.07, 6.45) is -2.52. The van der Waals surface area contributed by atoms with E-state index in [-0.39, 0.29) is 37.4 Å². The van der Waals surface area contributed by atoms with Crippen LogP contribution in [-0.2, 0) is 28.5 Å². The van der Waals surface area contributed by atoms with Gasteiger partial charge in [-0.3, -0.25) is 9.59 Å². The maximum Gasteiger partial charge on any atom is 0.339 e. The van der Waals surface area contributed by atoms with Crippen molar-refractivity contribution in [2.45, 2.75) is 51.1 Å². The van der Waals surface area contributed by atoms with E-state index < -0.39 is 47.2 Å². The summed E-state index contributed by atoms with van der Waals surface area (Å²) in [6.45, 7) is 7.66. The van der Waals surface area contributed by atoms with Gasteiger partial charge < -0.3 is 39.1 Å². The third kappa shape index (κ3) is 6.94. The molecule has 2 amide bonds. The highest BCUT2D eigenvalue weighted by Crippen LogP contribution is 2.36. The van der Waals surface area contributed by atoms with Gasteiger partial charge in [0.25, 0.3) is 11.8 Å². The summed E-state index contributed by atoms with van der Waals surface area (Å²) in [5.74, 6) is -1.62. The molecule has 0 radical (unpaired) electrons. The van der Waals surface area contributed by atoms with Crippen LogP contribution in [0.3, 0.4) is 0 Å². The summed E-state index contributed by atoms with van der Waals surface area (Å²) in [6, 6.07) is 18.0. The molecule has 2 aliphatic rings. The number of epoxide rings is 2. The Morgan fingerprint density at radius 3 is 1.38 bits per heavy atom. The van der Waals surface area contributed by atoms with Crippen molar-refractivity contribution in [3.05, 3.63) is 82.9 Å². The molecule has 4 atom stereocenters. The Bertz CT molecular complexity index is 1860. The molecule has 2 heterocycles. The second-order valence-corrected chi connectivity index (χ2v) is 13.0. The number of ether oxygens (including phenoxy) is 6. The van der Waals surface area contributed by atoms with Gasteiger partial charge in [-0.1, -0.05) is 36.4 Å². The molecule has 12 heteroatoms. The third-order valence-electron chi connectivity index (χ3n) is 9.24. The van der Waals surface area contributed by atoms with Crippen molar-refractivity contribution in [3.63, 3.8) is 0 Å². The molecular formula is C38H40N2O10. The van der Waals surface area contributed by atoms with E-state index in [1.54, 1.807) is 26.0 Å². The molecule has 50 heavy (non-hydrogen) atoms. The van der Waals surface area contributed by atoms with Gasteiger partial charge in [-0.25, -0.2) is 9.59 Å². The Balaban J connectivity index is 1.10. The van der Waals surface area contributed by atoms with Crippen LogP contribution in [0.2, 0.25) is 0 Å². The zero-order chi connectivity index (χ0) is 35.8. The number of hydrogen-bond acceptors (Lipinski definition) is 10. The van der Waals surface area contributed by atoms with Crippen LogP contribution in [0, 0.1) is 13.8 Å². The lowest BCUT2D eigenvalue weighted by Gasteiger charge is -2.23. The molecule has 0 saturated carbocycles. The second kappa shape index (κ2) is 13.6. The van der Waals surface area contributed by atoms with E-state index in [1.165, 1.54) is 14.2 Å². The number of benzene rings is 4. The summed E-state index contributed by atoms with van der Waals surface area (Å²) in [5.41, 5.74) is 0.401. The predicted molar refractivity (Wildman–Crippen MR) is 184 cm³/mol. The van der Waals surface area contributed by atoms with Gasteiger partial charge in [0.15, 0.2) is 0 Å². The minimum atomic E-state index is -1.26. The maximum absolute atomic E-state index is 13.5. The Kier molecular flexibility index (Phi) is 9.43. The average molecular weight is 685 g/mol. The number of hydrogen-bond donors (Lipinski definition) is 2. The van der Waals surface area contributed by atoms with Gasteiger partial charge in [0.2, 0.25) is 12.2 Å². The first kappa shape index (κ1) is 34.7. The van der Waals surface area contributed by atoms with Crippen LogP contribution in [0.4, 0.5) is 0 Å². The van der Waals surface area contributed by atoms with Crippen LogP contribution in [0.5, 0.6) is 11.5 Å². The van der Waals surface area contributed by atoms with Crippen LogP contribution in [0.1, 0.15) is 45.7 Å². The number of fused-ring (bicyclic) bond motifs is 2. The number of methoxy groups -OCH3 is 2. The van der Waals surface area contributed by atoms with Crippen LogP contribution < -0.4 is 20.1 Å². The van der Waals surface area contributed by atoms with Crippen molar-refractivity contribution >= 4 is 45.3 Å². The van der Waals surface area contributed by atoms with Gasteiger partial charge >= 0.3 is 11.9 Å². The molecule has 4 aromatic rings. The smallest absolute Gasteiger partial charge is 0.339 e. The van der Waals surface area contributed by atoms with Gasteiger partial charge in [-0.05, 0) is 84.6 Å². The number of carbonyl (C=O) groups is 4. The minimum absolute atomic E-state index is 0.00593. The topological polar surface area (TPSA) is 154 Å². The molecule has 0 aromatic heterocycles. The SMILES string of the molecule is COc1cc(C(=O)O[C@H](C(=O)NCCNC(=O)[C@@H](OC(=O)c2cc(OC)cc3c(C)cccc23)[C@]2(C)CO2)[C@]2(C)CO2)c2cccc(C)c2c1. The van der Waals surface area contributed by atoms with E-state index >= 15 is 0 Å². The first-order valence-electron chi connectivity index (χ1n) is 16.3. The van der Waals surface area contributed by atoms with Crippen molar-refractivity contribution in [2.24, 2.45) is 0 Å². The van der Waals surface area contributed by atoms with Gasteiger partial charge in [0, 0.05) is 13.1 Å². The lowest BCUT2D eigenvalue weighted by atomic mass is 9.99. The molecule has 2 saturated heterocycles. The van der Waals surface area contributed by atoms with Crippen molar-refractivity contribution < 1.29 is 47.6 Å². The van der Waals surface area contributed by atoms with Crippen LogP contribution in [0.25, 0.3) is 21.5 Å². The van der Waals surface area contributed by atoms with Crippen LogP contribution >= 0.6 is 0 Å². The standard InChI is InChI=1S/C38H40N2O10/c1-21-9-7-11-25-27(21)15-23(45-5)17-29(25)35(43)49-31(37(3)19-47-37)33(41)39-13-14-40-34(42)32(38(4)20-48-38)50-36(44)30-18-24(46-6)16-28-22(2)10-8-12-26(28)30/h7-12,15-18,31-32H,13-14,19-20H2,1-6H3,(H,39,41)(H,40,42)/t31-,32-,37+,38+/m1/s1. The molecule has 2 N–H and O–H groups in total. The highest BCUT2D eigenvalue weighted by Gasteiger charge is 2.54. The molecule has 262 valence electrons. The quantitative estimate of drug-likeness (QED) is 0.119. The summed E-state index contributed by atoms with van der Waals surface area (Å²) >= 11 is 0. The number of aryl methyl sites for hydroxylation is 2. The Morgan fingerprint density at radius 2 is 1.04 bits per heavy atom. The van der Waals surface area contributed by atoms with Crippen molar-refractivity contribution in [2.75, 3.05) is 40.5 Å². The number of carbonyl (C=O) groups excluding carboxylic acids is 4. The lowest BCUT2D eigenvalue weighted by Crippen LogP contribution is -2.50. The van der Waals surface area contributed by atoms with Crippen molar-refractivity contribution in [3.8, 4) is 11.5 Å². The number of amides is 2. The van der Waals surface area contributed by atoms with E-state index in [4.69, 9.17) is 28.4 Å². The minimum Gasteiger partial charge on any atom is -0.497 e. The largest absolute Gasteiger partial charge is 0.497 e. The molecular weight excluding hydrogens is 644 g/mol. The number of nitrogens with one attached hydrogen (secondary N) is 2. The zero-order valence-electron chi connectivity index (χ0n) is 28.8. The molecule has 0 aliphatic carbocycles. The van der Waals surface area contributed by atoms with Crippen molar-refractivity contribution in [1.82, 2.24) is 10.6 Å². The fraction of sp³-hybridized carbons (Fsp3) is 0.368. The molecule has 4 aromatic carbocycles. The molecule has 6 rings (SSSR count). The van der Waals surface area contributed by atoms with Gasteiger partial charge in [0.1, 0.15) is 22.7 Å². The Morgan fingerprint density at radius 1 is 0.660 bits per heavy atom. The van der Waals surface area contributed by atoms with Crippen LogP contribution in [-0.4, -0.2) is 87.7 Å². The molecule has 12 nitrogen and oxygen atoms in total. The van der Waals surface area contributed by atoms with Gasteiger partial charge in [0.05, 0.1) is 38.6 Å². The number of rotatable bonds is 13. The summed E-state index contributed by atoms with van der Waals surface area (Å²) in [5, 5.41) is 8.42. The lowest BCUT2D eigenvalue weighted by molar-refractivity contribution is -0.134. The Hall–Kier alpha value is -5.20. The van der Waals surface area contributed by atoms with E-state index in [2.05, 4.69) is 10.6 Å². The molecule has 0 bridgehead atoms. The van der Waals surface area contributed by atoms with E-state index in [1.807, 2.05) is 62.4 Å². The predicted octanol–water partition coefficient (Wildman–Crippen LogP) is 4.19. The summed E-state index contributed by atoms with van der Waals surface area (Å²) in [4.78, 5) is 53.7. The molecule has 2 fully saturated rings. The monoisotopic (exact) mass is 684 g/mol. The fourth-order valence-electron chi connectivity index (χ4n) is 5.93. The molecule has 0 spiro atoms. The number of esters is 2.